The van der Waals surface area contributed by atoms with Crippen molar-refractivity contribution in [2.45, 2.75) is 26.3 Å². The van der Waals surface area contributed by atoms with E-state index in [1.54, 1.807) is 13.3 Å². The van der Waals surface area contributed by atoms with Crippen molar-refractivity contribution < 1.29 is 4.74 Å². The van der Waals surface area contributed by atoms with Gasteiger partial charge >= 0.3 is 0 Å². The fourth-order valence-corrected chi connectivity index (χ4v) is 2.02. The third kappa shape index (κ3) is 3.57. The maximum Gasteiger partial charge on any atom is 0.212 e. The minimum Gasteiger partial charge on any atom is -0.481 e. The Labute approximate surface area is 123 Å². The fourth-order valence-electron chi connectivity index (χ4n) is 2.02. The molecular weight excluding hydrogens is 268 g/mol. The second-order valence-electron chi connectivity index (χ2n) is 4.85. The Bertz CT molecular complexity index is 585. The lowest BCUT2D eigenvalue weighted by molar-refractivity contribution is 0.397. The van der Waals surface area contributed by atoms with E-state index in [4.69, 9.17) is 10.6 Å². The molecule has 0 bridgehead atoms. The molecule has 0 saturated carbocycles. The molecule has 7 heteroatoms. The molecule has 0 amide bonds. The first-order valence-electron chi connectivity index (χ1n) is 6.70. The van der Waals surface area contributed by atoms with E-state index in [0.29, 0.717) is 18.2 Å². The average Bonchev–Trinajstić information content (AvgIpc) is 2.52. The van der Waals surface area contributed by atoms with E-state index in [1.807, 2.05) is 12.1 Å². The number of pyridine rings is 1. The van der Waals surface area contributed by atoms with Gasteiger partial charge in [-0.05, 0) is 11.5 Å². The predicted octanol–water partition coefficient (Wildman–Crippen LogP) is 1.90. The number of aromatic nitrogens is 3. The number of hydrogen-bond donors (Lipinski definition) is 3. The molecule has 0 aliphatic carbocycles. The van der Waals surface area contributed by atoms with Crippen molar-refractivity contribution in [1.29, 1.82) is 0 Å². The quantitative estimate of drug-likeness (QED) is 0.551. The van der Waals surface area contributed by atoms with E-state index in [2.05, 4.69) is 39.5 Å². The molecule has 0 unspecified atom stereocenters. The monoisotopic (exact) mass is 288 g/mol. The highest BCUT2D eigenvalue weighted by Crippen LogP contribution is 2.27. The largest absolute Gasteiger partial charge is 0.481 e. The van der Waals surface area contributed by atoms with Crippen molar-refractivity contribution in [1.82, 2.24) is 15.0 Å². The lowest BCUT2D eigenvalue weighted by Crippen LogP contribution is -2.15. The summed E-state index contributed by atoms with van der Waals surface area (Å²) in [5.41, 5.74) is 4.60. The third-order valence-corrected chi connectivity index (χ3v) is 3.06. The topological polar surface area (TPSA) is 98.0 Å². The lowest BCUT2D eigenvalue weighted by atomic mass is 10.0. The molecule has 2 heterocycles. The minimum absolute atomic E-state index is 0.244. The maximum atomic E-state index is 5.50. The number of nitrogens with two attached hydrogens (primary N) is 1. The Morgan fingerprint density at radius 2 is 1.95 bits per heavy atom. The highest BCUT2D eigenvalue weighted by Gasteiger charge is 2.14. The molecule has 0 aliphatic heterocycles. The van der Waals surface area contributed by atoms with E-state index in [0.717, 1.165) is 16.9 Å². The SMILES string of the molecule is COc1ccc(CNc2ncnc(NN)c2C(C)C)cn1. The molecule has 0 saturated heterocycles. The average molecular weight is 288 g/mol. The summed E-state index contributed by atoms with van der Waals surface area (Å²) in [7, 11) is 1.59. The summed E-state index contributed by atoms with van der Waals surface area (Å²) in [6.07, 6.45) is 3.25. The van der Waals surface area contributed by atoms with Crippen LogP contribution in [0.2, 0.25) is 0 Å². The molecule has 2 aromatic heterocycles. The number of anilines is 2. The molecule has 21 heavy (non-hydrogen) atoms. The van der Waals surface area contributed by atoms with E-state index < -0.39 is 0 Å². The summed E-state index contributed by atoms with van der Waals surface area (Å²) in [6, 6.07) is 3.78. The standard InChI is InChI=1S/C14H20N6O/c1-9(2)12-13(18-8-19-14(12)20-15)17-7-10-4-5-11(21-3)16-6-10/h4-6,8-9H,7,15H2,1-3H3,(H2,17,18,19,20). The number of rotatable bonds is 6. The summed E-state index contributed by atoms with van der Waals surface area (Å²) >= 11 is 0. The Hall–Kier alpha value is -2.41. The van der Waals surface area contributed by atoms with Crippen LogP contribution in [-0.4, -0.2) is 22.1 Å². The second-order valence-corrected chi connectivity index (χ2v) is 4.85. The van der Waals surface area contributed by atoms with Crippen molar-refractivity contribution in [3.8, 4) is 5.88 Å². The van der Waals surface area contributed by atoms with Gasteiger partial charge in [0.2, 0.25) is 5.88 Å². The first-order chi connectivity index (χ1) is 10.2. The van der Waals surface area contributed by atoms with Gasteiger partial charge in [-0.25, -0.2) is 20.8 Å². The van der Waals surface area contributed by atoms with Crippen molar-refractivity contribution in [2.75, 3.05) is 17.9 Å². The van der Waals surface area contributed by atoms with Gasteiger partial charge in [0.05, 0.1) is 7.11 Å². The molecule has 0 aliphatic rings. The normalized spacial score (nSPS) is 10.5. The van der Waals surface area contributed by atoms with Gasteiger partial charge < -0.3 is 15.5 Å². The highest BCUT2D eigenvalue weighted by molar-refractivity contribution is 5.58. The van der Waals surface area contributed by atoms with Crippen LogP contribution in [0.1, 0.15) is 30.9 Å². The van der Waals surface area contributed by atoms with Crippen LogP contribution in [0.3, 0.4) is 0 Å². The van der Waals surface area contributed by atoms with Crippen LogP contribution in [0, 0.1) is 0 Å². The van der Waals surface area contributed by atoms with E-state index >= 15 is 0 Å². The van der Waals surface area contributed by atoms with Crippen LogP contribution in [0.5, 0.6) is 5.88 Å². The molecule has 112 valence electrons. The smallest absolute Gasteiger partial charge is 0.212 e. The summed E-state index contributed by atoms with van der Waals surface area (Å²) in [5.74, 6) is 7.75. The summed E-state index contributed by atoms with van der Waals surface area (Å²) in [4.78, 5) is 12.6. The number of ether oxygens (including phenoxy) is 1. The van der Waals surface area contributed by atoms with Crippen molar-refractivity contribution in [3.63, 3.8) is 0 Å². The summed E-state index contributed by atoms with van der Waals surface area (Å²) in [6.45, 7) is 4.75. The van der Waals surface area contributed by atoms with E-state index in [1.165, 1.54) is 6.33 Å². The highest BCUT2D eigenvalue weighted by atomic mass is 16.5. The zero-order valence-corrected chi connectivity index (χ0v) is 12.4. The molecule has 0 radical (unpaired) electrons. The van der Waals surface area contributed by atoms with E-state index in [9.17, 15) is 0 Å². The number of methoxy groups -OCH3 is 1. The van der Waals surface area contributed by atoms with Gasteiger partial charge in [-0.15, -0.1) is 0 Å². The van der Waals surface area contributed by atoms with E-state index in [-0.39, 0.29) is 5.92 Å². The molecule has 0 spiro atoms. The number of nitrogen functional groups attached to an aromatic ring is 1. The zero-order chi connectivity index (χ0) is 15.2. The van der Waals surface area contributed by atoms with Crippen LogP contribution >= 0.6 is 0 Å². The third-order valence-electron chi connectivity index (χ3n) is 3.06. The van der Waals surface area contributed by atoms with Gasteiger partial charge in [0, 0.05) is 24.4 Å². The lowest BCUT2D eigenvalue weighted by Gasteiger charge is -2.16. The molecule has 0 atom stereocenters. The minimum atomic E-state index is 0.244. The number of hydrazine groups is 1. The molecule has 0 aromatic carbocycles. The van der Waals surface area contributed by atoms with Gasteiger partial charge in [-0.3, -0.25) is 0 Å². The number of hydrogen-bond acceptors (Lipinski definition) is 7. The Kier molecular flexibility index (Phi) is 4.89. The summed E-state index contributed by atoms with van der Waals surface area (Å²) < 4.78 is 5.04. The van der Waals surface area contributed by atoms with Crippen LogP contribution in [0.4, 0.5) is 11.6 Å². The van der Waals surface area contributed by atoms with Gasteiger partial charge in [-0.1, -0.05) is 19.9 Å². The van der Waals surface area contributed by atoms with Crippen molar-refractivity contribution in [3.05, 3.63) is 35.8 Å². The second kappa shape index (κ2) is 6.85. The summed E-state index contributed by atoms with van der Waals surface area (Å²) in [5, 5.41) is 3.30. The van der Waals surface area contributed by atoms with Crippen LogP contribution in [0.15, 0.2) is 24.7 Å². The van der Waals surface area contributed by atoms with Crippen LogP contribution < -0.4 is 21.3 Å². The van der Waals surface area contributed by atoms with Crippen molar-refractivity contribution >= 4 is 11.6 Å². The molecule has 7 nitrogen and oxygen atoms in total. The van der Waals surface area contributed by atoms with Crippen molar-refractivity contribution in [2.24, 2.45) is 5.84 Å². The Morgan fingerprint density at radius 3 is 2.52 bits per heavy atom. The van der Waals surface area contributed by atoms with Gasteiger partial charge in [-0.2, -0.15) is 0 Å². The predicted molar refractivity (Wildman–Crippen MR) is 82.0 cm³/mol. The Balaban J connectivity index is 2.15. The molecule has 0 fully saturated rings. The van der Waals surface area contributed by atoms with Gasteiger partial charge in [0.1, 0.15) is 18.0 Å². The van der Waals surface area contributed by atoms with Gasteiger partial charge in [0.15, 0.2) is 0 Å². The van der Waals surface area contributed by atoms with Crippen LogP contribution in [0.25, 0.3) is 0 Å². The molecular formula is C14H20N6O. The Morgan fingerprint density at radius 1 is 1.19 bits per heavy atom. The van der Waals surface area contributed by atoms with Crippen LogP contribution in [-0.2, 0) is 6.54 Å². The van der Waals surface area contributed by atoms with Gasteiger partial charge in [0.25, 0.3) is 0 Å². The zero-order valence-electron chi connectivity index (χ0n) is 12.4. The molecule has 4 N–H and O–H groups in total. The first kappa shape index (κ1) is 15.0. The fraction of sp³-hybridized carbons (Fsp3) is 0.357. The first-order valence-corrected chi connectivity index (χ1v) is 6.70. The maximum absolute atomic E-state index is 5.50. The number of nitrogens with zero attached hydrogens (tertiary/aromatic N) is 3. The molecule has 2 rings (SSSR count). The number of nitrogens with one attached hydrogen (secondary N) is 2. The molecule has 2 aromatic rings.